The molecule has 0 saturated carbocycles. The van der Waals surface area contributed by atoms with E-state index in [4.69, 9.17) is 10.00 Å². The van der Waals surface area contributed by atoms with Crippen molar-refractivity contribution in [2.24, 2.45) is 0 Å². The highest BCUT2D eigenvalue weighted by Crippen LogP contribution is 2.41. The molecule has 7 heteroatoms. The third-order valence-electron chi connectivity index (χ3n) is 2.70. The van der Waals surface area contributed by atoms with Crippen molar-refractivity contribution >= 4 is 23.6 Å². The van der Waals surface area contributed by atoms with Crippen LogP contribution in [0, 0.1) is 11.3 Å². The number of ether oxygens (including phenoxy) is 1. The second-order valence-corrected chi connectivity index (χ2v) is 5.12. The Morgan fingerprint density at radius 3 is 3.05 bits per heavy atom. The molecule has 1 heterocycles. The van der Waals surface area contributed by atoms with E-state index in [9.17, 15) is 14.7 Å². The molecule has 0 fully saturated rings. The van der Waals surface area contributed by atoms with E-state index in [2.05, 4.69) is 4.72 Å². The lowest BCUT2D eigenvalue weighted by molar-refractivity contribution is -0.117. The Labute approximate surface area is 119 Å². The molecule has 1 aromatic rings. The van der Waals surface area contributed by atoms with Gasteiger partial charge in [-0.2, -0.15) is 5.26 Å². The maximum Gasteiger partial charge on any atom is 0.226 e. The molecule has 2 N–H and O–H groups in total. The summed E-state index contributed by atoms with van der Waals surface area (Å²) in [6.07, 6.45) is -0.383. The molecule has 2 rings (SSSR count). The number of nitrogens with zero attached hydrogens (tertiary/aromatic N) is 1. The fourth-order valence-electron chi connectivity index (χ4n) is 1.88. The summed E-state index contributed by atoms with van der Waals surface area (Å²) in [7, 11) is 0. The van der Waals surface area contributed by atoms with E-state index < -0.39 is 6.10 Å². The van der Waals surface area contributed by atoms with Crippen LogP contribution in [0.25, 0.3) is 0 Å². The Balaban J connectivity index is 2.38. The van der Waals surface area contributed by atoms with Crippen molar-refractivity contribution in [2.75, 3.05) is 0 Å². The summed E-state index contributed by atoms with van der Waals surface area (Å²) in [4.78, 5) is 23.5. The van der Waals surface area contributed by atoms with Crippen molar-refractivity contribution < 1.29 is 19.4 Å². The number of amides is 1. The summed E-state index contributed by atoms with van der Waals surface area (Å²) in [5.74, 6) is -0.449. The summed E-state index contributed by atoms with van der Waals surface area (Å²) in [5.41, 5.74) is 0.106. The average molecular weight is 292 g/mol. The summed E-state index contributed by atoms with van der Waals surface area (Å²) >= 11 is 1.00. The van der Waals surface area contributed by atoms with Crippen molar-refractivity contribution in [1.29, 1.82) is 5.26 Å². The van der Waals surface area contributed by atoms with Crippen molar-refractivity contribution in [2.45, 2.75) is 30.8 Å². The topological polar surface area (TPSA) is 99.4 Å². The Hall–Kier alpha value is -2.20. The molecule has 1 amide bonds. The van der Waals surface area contributed by atoms with Crippen molar-refractivity contribution in [3.8, 4) is 17.6 Å². The maximum atomic E-state index is 12.0. The number of carbonyl (C=O) groups is 2. The molecule has 1 aromatic carbocycles. The quantitative estimate of drug-likeness (QED) is 0.824. The normalized spacial score (nSPS) is 16.8. The van der Waals surface area contributed by atoms with Crippen LogP contribution in [0.5, 0.6) is 11.5 Å². The Morgan fingerprint density at radius 2 is 2.40 bits per heavy atom. The van der Waals surface area contributed by atoms with Crippen LogP contribution in [-0.4, -0.2) is 22.9 Å². The molecular formula is C13H12N2O4S. The van der Waals surface area contributed by atoms with Gasteiger partial charge in [0, 0.05) is 13.3 Å². The minimum Gasteiger partial charge on any atom is -0.507 e. The Bertz CT molecular complexity index is 609. The van der Waals surface area contributed by atoms with Crippen LogP contribution in [0.15, 0.2) is 17.0 Å². The third kappa shape index (κ3) is 2.86. The molecule has 20 heavy (non-hydrogen) atoms. The lowest BCUT2D eigenvalue weighted by Crippen LogP contribution is -2.27. The van der Waals surface area contributed by atoms with E-state index in [1.165, 1.54) is 13.0 Å². The largest absolute Gasteiger partial charge is 0.507 e. The first-order valence-electron chi connectivity index (χ1n) is 5.89. The molecule has 0 aromatic heterocycles. The summed E-state index contributed by atoms with van der Waals surface area (Å²) in [5, 5.41) is 18.5. The van der Waals surface area contributed by atoms with Gasteiger partial charge in [0.15, 0.2) is 5.78 Å². The van der Waals surface area contributed by atoms with Crippen molar-refractivity contribution in [3.05, 3.63) is 17.7 Å². The second-order valence-electron chi connectivity index (χ2n) is 4.28. The lowest BCUT2D eigenvalue weighted by Gasteiger charge is -2.25. The van der Waals surface area contributed by atoms with Crippen LogP contribution in [-0.2, 0) is 4.79 Å². The van der Waals surface area contributed by atoms with Crippen LogP contribution in [0.4, 0.5) is 0 Å². The Morgan fingerprint density at radius 1 is 1.65 bits per heavy atom. The number of hydrogen-bond donors (Lipinski definition) is 2. The van der Waals surface area contributed by atoms with Crippen molar-refractivity contribution in [3.63, 3.8) is 0 Å². The van der Waals surface area contributed by atoms with E-state index in [0.717, 1.165) is 11.9 Å². The number of rotatable bonds is 3. The molecular weight excluding hydrogens is 280 g/mol. The molecule has 0 bridgehead atoms. The van der Waals surface area contributed by atoms with Crippen molar-refractivity contribution in [1.82, 2.24) is 4.72 Å². The molecule has 1 unspecified atom stereocenters. The molecule has 104 valence electrons. The number of hydrogen-bond acceptors (Lipinski definition) is 6. The van der Waals surface area contributed by atoms with Gasteiger partial charge in [0.2, 0.25) is 5.91 Å². The zero-order valence-electron chi connectivity index (χ0n) is 10.7. The minimum absolute atomic E-state index is 0.0579. The number of phenols is 1. The molecule has 1 aliphatic rings. The first-order chi connectivity index (χ1) is 9.52. The Kier molecular flexibility index (Phi) is 4.15. The molecule has 0 saturated heterocycles. The van der Waals surface area contributed by atoms with Gasteiger partial charge in [0.1, 0.15) is 23.2 Å². The number of phenolic OH excluding ortho intramolecular Hbond substituents is 1. The van der Waals surface area contributed by atoms with E-state index in [1.807, 2.05) is 6.07 Å². The highest BCUT2D eigenvalue weighted by molar-refractivity contribution is 7.98. The van der Waals surface area contributed by atoms with E-state index in [1.54, 1.807) is 6.07 Å². The monoisotopic (exact) mass is 292 g/mol. The fourth-order valence-corrected chi connectivity index (χ4v) is 2.51. The fraction of sp³-hybridized carbons (Fsp3) is 0.308. The number of ketones is 1. The van der Waals surface area contributed by atoms with Crippen LogP contribution in [0.1, 0.15) is 30.1 Å². The molecule has 1 aliphatic heterocycles. The number of nitrogens with one attached hydrogen (secondary N) is 1. The zero-order chi connectivity index (χ0) is 14.7. The van der Waals surface area contributed by atoms with E-state index >= 15 is 0 Å². The summed E-state index contributed by atoms with van der Waals surface area (Å²) in [6, 6.07) is 4.89. The van der Waals surface area contributed by atoms with Gasteiger partial charge in [0.25, 0.3) is 0 Å². The number of carbonyl (C=O) groups excluding carboxylic acids is 2. The average Bonchev–Trinajstić information content (AvgIpc) is 2.37. The van der Waals surface area contributed by atoms with Gasteiger partial charge < -0.3 is 9.84 Å². The zero-order valence-corrected chi connectivity index (χ0v) is 11.5. The molecule has 6 nitrogen and oxygen atoms in total. The van der Waals surface area contributed by atoms with Gasteiger partial charge in [-0.3, -0.25) is 14.3 Å². The number of benzene rings is 1. The smallest absolute Gasteiger partial charge is 0.226 e. The first kappa shape index (κ1) is 14.2. The maximum absolute atomic E-state index is 12.0. The van der Waals surface area contributed by atoms with E-state index in [-0.39, 0.29) is 41.6 Å². The number of Topliss-reactive ketones (excluding diaryl/α,β-unsaturated/α-hetero) is 1. The van der Waals surface area contributed by atoms with Gasteiger partial charge >= 0.3 is 0 Å². The highest BCUT2D eigenvalue weighted by Gasteiger charge is 2.31. The van der Waals surface area contributed by atoms with Gasteiger partial charge in [0.05, 0.1) is 17.4 Å². The van der Waals surface area contributed by atoms with Gasteiger partial charge in [-0.25, -0.2) is 0 Å². The summed E-state index contributed by atoms with van der Waals surface area (Å²) in [6.45, 7) is 1.37. The highest BCUT2D eigenvalue weighted by atomic mass is 32.2. The van der Waals surface area contributed by atoms with Crippen LogP contribution >= 0.6 is 11.9 Å². The number of aromatic hydroxyl groups is 1. The first-order valence-corrected chi connectivity index (χ1v) is 6.70. The van der Waals surface area contributed by atoms with Gasteiger partial charge in [-0.05, 0) is 24.1 Å². The SMILES string of the molecule is CC(=O)NSc1ccc(O)c2c1OC(CC#N)CC2=O. The molecule has 0 radical (unpaired) electrons. The molecule has 0 aliphatic carbocycles. The summed E-state index contributed by atoms with van der Waals surface area (Å²) < 4.78 is 8.14. The predicted octanol–water partition coefficient (Wildman–Crippen LogP) is 1.78. The number of nitriles is 1. The van der Waals surface area contributed by atoms with Crippen LogP contribution < -0.4 is 9.46 Å². The lowest BCUT2D eigenvalue weighted by atomic mass is 9.98. The number of fused-ring (bicyclic) bond motifs is 1. The van der Waals surface area contributed by atoms with Gasteiger partial charge in [-0.1, -0.05) is 0 Å². The minimum atomic E-state index is -0.529. The third-order valence-corrected chi connectivity index (χ3v) is 3.63. The van der Waals surface area contributed by atoms with Crippen LogP contribution in [0.3, 0.4) is 0 Å². The standard InChI is InChI=1S/C13H12N2O4S/c1-7(16)15-20-11-3-2-9(17)12-10(18)6-8(4-5-14)19-13(11)12/h2-3,8,17H,4,6H2,1H3,(H,15,16). The van der Waals surface area contributed by atoms with Gasteiger partial charge in [-0.15, -0.1) is 0 Å². The van der Waals surface area contributed by atoms with Crippen LogP contribution in [0.2, 0.25) is 0 Å². The predicted molar refractivity (Wildman–Crippen MR) is 71.4 cm³/mol. The molecule has 0 spiro atoms. The second kappa shape index (κ2) is 5.84. The molecule has 1 atom stereocenters. The van der Waals surface area contributed by atoms with E-state index in [0.29, 0.717) is 4.90 Å².